The summed E-state index contributed by atoms with van der Waals surface area (Å²) >= 11 is 0. The van der Waals surface area contributed by atoms with E-state index in [-0.39, 0.29) is 11.8 Å². The molecule has 5 heteroatoms. The maximum absolute atomic E-state index is 11.6. The molecule has 0 bridgehead atoms. The molecule has 0 spiro atoms. The maximum atomic E-state index is 11.6. The summed E-state index contributed by atoms with van der Waals surface area (Å²) in [4.78, 5) is 27.1. The second-order valence-electron chi connectivity index (χ2n) is 4.59. The van der Waals surface area contributed by atoms with Crippen molar-refractivity contribution in [3.05, 3.63) is 30.1 Å². The average molecular weight is 247 g/mol. The maximum Gasteiger partial charge on any atom is 0.269 e. The van der Waals surface area contributed by atoms with Crippen LogP contribution in [0.1, 0.15) is 42.5 Å². The molecule has 1 heterocycles. The Morgan fingerprint density at radius 1 is 1.17 bits per heavy atom. The van der Waals surface area contributed by atoms with Crippen LogP contribution < -0.4 is 10.9 Å². The fraction of sp³-hybridized carbons (Fsp3) is 0.462. The molecule has 1 aliphatic carbocycles. The number of nitrogens with zero attached hydrogens (tertiary/aromatic N) is 1. The van der Waals surface area contributed by atoms with E-state index in [0.717, 1.165) is 12.8 Å². The third-order valence-electron chi connectivity index (χ3n) is 3.21. The molecule has 0 aromatic carbocycles. The van der Waals surface area contributed by atoms with Crippen LogP contribution in [0.25, 0.3) is 0 Å². The van der Waals surface area contributed by atoms with Crippen LogP contribution in [0.2, 0.25) is 0 Å². The number of aromatic nitrogens is 1. The van der Waals surface area contributed by atoms with Crippen LogP contribution in [0.4, 0.5) is 0 Å². The number of rotatable bonds is 3. The molecule has 0 atom stereocenters. The summed E-state index contributed by atoms with van der Waals surface area (Å²) in [6.07, 6.45) is 8.22. The van der Waals surface area contributed by atoms with Crippen LogP contribution in [-0.4, -0.2) is 16.8 Å². The lowest BCUT2D eigenvalue weighted by Crippen LogP contribution is -2.42. The molecule has 2 N–H and O–H groups in total. The number of hydrazine groups is 1. The van der Waals surface area contributed by atoms with Gasteiger partial charge in [0.2, 0.25) is 5.91 Å². The third kappa shape index (κ3) is 3.55. The molecule has 18 heavy (non-hydrogen) atoms. The van der Waals surface area contributed by atoms with Crippen molar-refractivity contribution in [2.24, 2.45) is 5.92 Å². The number of nitrogens with one attached hydrogen (secondary N) is 2. The minimum atomic E-state index is -0.322. The van der Waals surface area contributed by atoms with E-state index < -0.39 is 0 Å². The van der Waals surface area contributed by atoms with Crippen molar-refractivity contribution in [1.29, 1.82) is 0 Å². The highest BCUT2D eigenvalue weighted by molar-refractivity contribution is 5.95. The van der Waals surface area contributed by atoms with Gasteiger partial charge in [0.25, 0.3) is 5.91 Å². The van der Waals surface area contributed by atoms with Crippen molar-refractivity contribution in [3.63, 3.8) is 0 Å². The van der Waals surface area contributed by atoms with Crippen LogP contribution in [-0.2, 0) is 4.79 Å². The van der Waals surface area contributed by atoms with E-state index in [0.29, 0.717) is 17.9 Å². The van der Waals surface area contributed by atoms with E-state index in [9.17, 15) is 9.59 Å². The molecule has 0 aliphatic heterocycles. The van der Waals surface area contributed by atoms with Gasteiger partial charge in [0.15, 0.2) is 0 Å². The predicted octanol–water partition coefficient (Wildman–Crippen LogP) is 1.42. The summed E-state index contributed by atoms with van der Waals surface area (Å²) in [5.41, 5.74) is 5.33. The standard InChI is InChI=1S/C13H17N3O2/c17-12(9-10-3-1-2-4-10)15-16-13(18)11-5-7-14-8-6-11/h5-8,10H,1-4,9H2,(H,15,17)(H,16,18). The minimum Gasteiger partial charge on any atom is -0.273 e. The first-order valence-electron chi connectivity index (χ1n) is 6.25. The molecule has 1 fully saturated rings. The van der Waals surface area contributed by atoms with Crippen molar-refractivity contribution in [3.8, 4) is 0 Å². The van der Waals surface area contributed by atoms with Gasteiger partial charge in [-0.25, -0.2) is 0 Å². The topological polar surface area (TPSA) is 71.1 Å². The number of amides is 2. The summed E-state index contributed by atoms with van der Waals surface area (Å²) < 4.78 is 0. The Hall–Kier alpha value is -1.91. The van der Waals surface area contributed by atoms with Crippen LogP contribution >= 0.6 is 0 Å². The molecule has 0 saturated heterocycles. The molecule has 2 amide bonds. The summed E-state index contributed by atoms with van der Waals surface area (Å²) in [5.74, 6) is 0.0318. The van der Waals surface area contributed by atoms with Gasteiger partial charge in [0.05, 0.1) is 0 Å². The van der Waals surface area contributed by atoms with Crippen LogP contribution in [0.15, 0.2) is 24.5 Å². The molecular weight excluding hydrogens is 230 g/mol. The first kappa shape index (κ1) is 12.5. The largest absolute Gasteiger partial charge is 0.273 e. The monoisotopic (exact) mass is 247 g/mol. The Bertz CT molecular complexity index is 414. The number of hydrogen-bond donors (Lipinski definition) is 2. The molecule has 0 radical (unpaired) electrons. The summed E-state index contributed by atoms with van der Waals surface area (Å²) in [7, 11) is 0. The highest BCUT2D eigenvalue weighted by Crippen LogP contribution is 2.27. The van der Waals surface area contributed by atoms with Crippen molar-refractivity contribution in [1.82, 2.24) is 15.8 Å². The van der Waals surface area contributed by atoms with Crippen LogP contribution in [0, 0.1) is 5.92 Å². The van der Waals surface area contributed by atoms with E-state index in [1.54, 1.807) is 12.1 Å². The van der Waals surface area contributed by atoms with Gasteiger partial charge >= 0.3 is 0 Å². The van der Waals surface area contributed by atoms with Gasteiger partial charge in [-0.2, -0.15) is 0 Å². The van der Waals surface area contributed by atoms with E-state index in [4.69, 9.17) is 0 Å². The fourth-order valence-corrected chi connectivity index (χ4v) is 2.23. The van der Waals surface area contributed by atoms with E-state index in [1.807, 2.05) is 0 Å². The Labute approximate surface area is 106 Å². The summed E-state index contributed by atoms with van der Waals surface area (Å²) in [6.45, 7) is 0. The molecular formula is C13H17N3O2. The smallest absolute Gasteiger partial charge is 0.269 e. The van der Waals surface area contributed by atoms with Crippen LogP contribution in [0.3, 0.4) is 0 Å². The first-order chi connectivity index (χ1) is 8.75. The Morgan fingerprint density at radius 2 is 1.83 bits per heavy atom. The van der Waals surface area contributed by atoms with E-state index in [1.165, 1.54) is 25.2 Å². The van der Waals surface area contributed by atoms with Crippen molar-refractivity contribution in [2.45, 2.75) is 32.1 Å². The Morgan fingerprint density at radius 3 is 2.50 bits per heavy atom. The molecule has 1 aromatic rings. The second-order valence-corrected chi connectivity index (χ2v) is 4.59. The highest BCUT2D eigenvalue weighted by Gasteiger charge is 2.18. The SMILES string of the molecule is O=C(CC1CCCC1)NNC(=O)c1ccncc1. The number of hydrogen-bond acceptors (Lipinski definition) is 3. The zero-order chi connectivity index (χ0) is 12.8. The predicted molar refractivity (Wildman–Crippen MR) is 66.4 cm³/mol. The molecule has 1 aliphatic rings. The zero-order valence-corrected chi connectivity index (χ0v) is 10.2. The normalized spacial score (nSPS) is 15.3. The minimum absolute atomic E-state index is 0.121. The third-order valence-corrected chi connectivity index (χ3v) is 3.21. The van der Waals surface area contributed by atoms with Crippen molar-refractivity contribution in [2.75, 3.05) is 0 Å². The van der Waals surface area contributed by atoms with E-state index >= 15 is 0 Å². The number of carbonyl (C=O) groups is 2. The molecule has 2 rings (SSSR count). The molecule has 5 nitrogen and oxygen atoms in total. The zero-order valence-electron chi connectivity index (χ0n) is 10.2. The van der Waals surface area contributed by atoms with Gasteiger partial charge in [0.1, 0.15) is 0 Å². The average Bonchev–Trinajstić information content (AvgIpc) is 2.90. The van der Waals surface area contributed by atoms with Gasteiger partial charge in [-0.1, -0.05) is 12.8 Å². The Balaban J connectivity index is 1.74. The number of carbonyl (C=O) groups excluding carboxylic acids is 2. The quantitative estimate of drug-likeness (QED) is 0.794. The lowest BCUT2D eigenvalue weighted by Gasteiger charge is -2.10. The lowest BCUT2D eigenvalue weighted by atomic mass is 10.0. The highest BCUT2D eigenvalue weighted by atomic mass is 16.2. The Kier molecular flexibility index (Phi) is 4.28. The summed E-state index contributed by atoms with van der Waals surface area (Å²) in [6, 6.07) is 3.19. The van der Waals surface area contributed by atoms with Crippen LogP contribution in [0.5, 0.6) is 0 Å². The van der Waals surface area contributed by atoms with Crippen molar-refractivity contribution < 1.29 is 9.59 Å². The molecule has 1 aromatic heterocycles. The van der Waals surface area contributed by atoms with E-state index in [2.05, 4.69) is 15.8 Å². The number of pyridine rings is 1. The summed E-state index contributed by atoms with van der Waals surface area (Å²) in [5, 5.41) is 0. The van der Waals surface area contributed by atoms with Crippen molar-refractivity contribution >= 4 is 11.8 Å². The van der Waals surface area contributed by atoms with Gasteiger partial charge < -0.3 is 0 Å². The van der Waals surface area contributed by atoms with Gasteiger partial charge in [-0.15, -0.1) is 0 Å². The van der Waals surface area contributed by atoms with Gasteiger partial charge in [0, 0.05) is 24.4 Å². The van der Waals surface area contributed by atoms with Gasteiger partial charge in [-0.05, 0) is 30.9 Å². The lowest BCUT2D eigenvalue weighted by molar-refractivity contribution is -0.122. The molecule has 96 valence electrons. The molecule has 1 saturated carbocycles. The molecule has 0 unspecified atom stereocenters. The first-order valence-corrected chi connectivity index (χ1v) is 6.25. The second kappa shape index (κ2) is 6.14. The van der Waals surface area contributed by atoms with Gasteiger partial charge in [-0.3, -0.25) is 25.4 Å². The fourth-order valence-electron chi connectivity index (χ4n) is 2.23.